The number of allylic oxidation sites excluding steroid dienone is 2. The van der Waals surface area contributed by atoms with Crippen molar-refractivity contribution in [1.29, 1.82) is 0 Å². The zero-order valence-corrected chi connectivity index (χ0v) is 16.3. The molecule has 2 aromatic rings. The predicted octanol–water partition coefficient (Wildman–Crippen LogP) is 5.19. The summed E-state index contributed by atoms with van der Waals surface area (Å²) in [6.07, 6.45) is 5.67. The summed E-state index contributed by atoms with van der Waals surface area (Å²) in [4.78, 5) is 24.0. The minimum absolute atomic E-state index is 0.0530. The molecular formula is C20H19N3OS2. The van der Waals surface area contributed by atoms with Gasteiger partial charge in [-0.25, -0.2) is 4.98 Å². The number of hydrogen-bond donors (Lipinski definition) is 0. The largest absolute Gasteiger partial charge is 0.282 e. The summed E-state index contributed by atoms with van der Waals surface area (Å²) in [6, 6.07) is 10.0. The zero-order valence-electron chi connectivity index (χ0n) is 14.7. The average Bonchev–Trinajstić information content (AvgIpc) is 3.14. The number of aliphatic imine (C=N–C) groups is 1. The van der Waals surface area contributed by atoms with E-state index in [4.69, 9.17) is 0 Å². The second-order valence-corrected chi connectivity index (χ2v) is 7.63. The van der Waals surface area contributed by atoms with Crippen molar-refractivity contribution in [3.8, 4) is 0 Å². The van der Waals surface area contributed by atoms with Gasteiger partial charge < -0.3 is 0 Å². The number of carbonyl (C=O) groups excluding carboxylic acids is 1. The summed E-state index contributed by atoms with van der Waals surface area (Å²) in [5.74, 6) is -0.0530. The Morgan fingerprint density at radius 1 is 1.35 bits per heavy atom. The summed E-state index contributed by atoms with van der Waals surface area (Å²) in [5, 5.41) is 3.25. The maximum absolute atomic E-state index is 12.8. The van der Waals surface area contributed by atoms with Crippen LogP contribution in [-0.4, -0.2) is 27.5 Å². The molecule has 1 saturated heterocycles. The van der Waals surface area contributed by atoms with Crippen LogP contribution in [0.15, 0.2) is 69.9 Å². The highest BCUT2D eigenvalue weighted by molar-refractivity contribution is 8.18. The topological polar surface area (TPSA) is 45.6 Å². The molecule has 132 valence electrons. The summed E-state index contributed by atoms with van der Waals surface area (Å²) in [6.45, 7) is 8.09. The van der Waals surface area contributed by atoms with Crippen LogP contribution in [0.4, 0.5) is 5.13 Å². The Morgan fingerprint density at radius 2 is 2.12 bits per heavy atom. The van der Waals surface area contributed by atoms with E-state index in [1.165, 1.54) is 23.1 Å². The number of amidine groups is 1. The van der Waals surface area contributed by atoms with Gasteiger partial charge in [-0.3, -0.25) is 9.69 Å². The zero-order chi connectivity index (χ0) is 18.5. The van der Waals surface area contributed by atoms with Crippen LogP contribution in [0, 0.1) is 6.92 Å². The molecule has 1 aliphatic rings. The Labute approximate surface area is 161 Å². The van der Waals surface area contributed by atoms with Gasteiger partial charge in [0.2, 0.25) is 5.13 Å². The quantitative estimate of drug-likeness (QED) is 0.529. The molecule has 0 saturated carbocycles. The Bertz CT molecular complexity index is 910. The molecule has 1 aliphatic heterocycles. The predicted molar refractivity (Wildman–Crippen MR) is 112 cm³/mol. The summed E-state index contributed by atoms with van der Waals surface area (Å²) < 4.78 is 0. The maximum atomic E-state index is 12.8. The first-order valence-corrected chi connectivity index (χ1v) is 9.83. The van der Waals surface area contributed by atoms with Crippen LogP contribution in [0.1, 0.15) is 18.2 Å². The molecule has 1 amide bonds. The van der Waals surface area contributed by atoms with Crippen LogP contribution >= 0.6 is 23.1 Å². The highest BCUT2D eigenvalue weighted by atomic mass is 32.2. The number of rotatable bonds is 5. The van der Waals surface area contributed by atoms with Gasteiger partial charge in [-0.05, 0) is 42.8 Å². The van der Waals surface area contributed by atoms with Gasteiger partial charge >= 0.3 is 0 Å². The van der Waals surface area contributed by atoms with Crippen LogP contribution in [0.25, 0.3) is 6.08 Å². The lowest BCUT2D eigenvalue weighted by Crippen LogP contribution is -2.29. The summed E-state index contributed by atoms with van der Waals surface area (Å²) >= 11 is 2.84. The third kappa shape index (κ3) is 4.39. The number of aryl methyl sites for hydroxylation is 1. The average molecular weight is 382 g/mol. The first-order valence-electron chi connectivity index (χ1n) is 8.13. The standard InChI is InChI=1S/C20H19N3OS2/c1-4-10-23-18(24)17(12-14(2)11-16-8-6-5-7-9-16)26-20(23)22-19-21-15(3)13-25-19/h4-9,11-13H,1,10H2,2-3H3/b14-11+,17-12-,22-20+. The van der Waals surface area contributed by atoms with Crippen molar-refractivity contribution >= 4 is 45.4 Å². The van der Waals surface area contributed by atoms with E-state index in [2.05, 4.69) is 22.6 Å². The second-order valence-electron chi connectivity index (χ2n) is 5.78. The SMILES string of the molecule is C=CCN1C(=O)/C(=C/C(C)=C/c2ccccc2)S/C1=N/c1nc(C)cs1. The molecule has 1 fully saturated rings. The number of benzene rings is 1. The van der Waals surface area contributed by atoms with Crippen molar-refractivity contribution in [2.45, 2.75) is 13.8 Å². The van der Waals surface area contributed by atoms with Crippen molar-refractivity contribution in [3.05, 3.63) is 76.2 Å². The van der Waals surface area contributed by atoms with E-state index in [0.717, 1.165) is 16.8 Å². The lowest BCUT2D eigenvalue weighted by molar-refractivity contribution is -0.121. The Kier molecular flexibility index (Phi) is 5.85. The van der Waals surface area contributed by atoms with Crippen molar-refractivity contribution in [3.63, 3.8) is 0 Å². The molecule has 1 aromatic heterocycles. The molecule has 1 aromatic carbocycles. The first kappa shape index (κ1) is 18.4. The highest BCUT2D eigenvalue weighted by Crippen LogP contribution is 2.34. The summed E-state index contributed by atoms with van der Waals surface area (Å²) in [7, 11) is 0. The molecule has 26 heavy (non-hydrogen) atoms. The minimum Gasteiger partial charge on any atom is -0.282 e. The van der Waals surface area contributed by atoms with Gasteiger partial charge in [0.1, 0.15) is 0 Å². The van der Waals surface area contributed by atoms with Crippen LogP contribution in [-0.2, 0) is 4.79 Å². The van der Waals surface area contributed by atoms with Crippen LogP contribution in [0.2, 0.25) is 0 Å². The lowest BCUT2D eigenvalue weighted by Gasteiger charge is -2.11. The monoisotopic (exact) mass is 381 g/mol. The summed E-state index contributed by atoms with van der Waals surface area (Å²) in [5.41, 5.74) is 3.04. The minimum atomic E-state index is -0.0530. The van der Waals surface area contributed by atoms with E-state index in [-0.39, 0.29) is 5.91 Å². The van der Waals surface area contributed by atoms with Gasteiger partial charge in [0.15, 0.2) is 5.17 Å². The van der Waals surface area contributed by atoms with Gasteiger partial charge in [0.25, 0.3) is 5.91 Å². The number of thioether (sulfide) groups is 1. The van der Waals surface area contributed by atoms with Crippen molar-refractivity contribution in [2.75, 3.05) is 6.54 Å². The lowest BCUT2D eigenvalue weighted by atomic mass is 10.1. The molecule has 0 radical (unpaired) electrons. The highest BCUT2D eigenvalue weighted by Gasteiger charge is 2.32. The molecule has 0 N–H and O–H groups in total. The van der Waals surface area contributed by atoms with Crippen LogP contribution < -0.4 is 0 Å². The molecule has 3 rings (SSSR count). The fraction of sp³-hybridized carbons (Fsp3) is 0.150. The number of aromatic nitrogens is 1. The molecular weight excluding hydrogens is 362 g/mol. The molecule has 0 aliphatic carbocycles. The Morgan fingerprint density at radius 3 is 2.77 bits per heavy atom. The van der Waals surface area contributed by atoms with Crippen LogP contribution in [0.5, 0.6) is 0 Å². The number of thiazole rings is 1. The molecule has 6 heteroatoms. The normalized spacial score (nSPS) is 18.2. The van der Waals surface area contributed by atoms with Gasteiger partial charge in [0, 0.05) is 11.9 Å². The molecule has 0 spiro atoms. The second kappa shape index (κ2) is 8.29. The van der Waals surface area contributed by atoms with E-state index in [1.807, 2.05) is 55.6 Å². The number of carbonyl (C=O) groups is 1. The third-order valence-corrected chi connectivity index (χ3v) is 5.41. The smallest absolute Gasteiger partial charge is 0.267 e. The molecule has 0 atom stereocenters. The fourth-order valence-electron chi connectivity index (χ4n) is 2.42. The molecule has 0 bridgehead atoms. The van der Waals surface area contributed by atoms with Crippen molar-refractivity contribution in [1.82, 2.24) is 9.88 Å². The van der Waals surface area contributed by atoms with Crippen LogP contribution in [0.3, 0.4) is 0 Å². The first-order chi connectivity index (χ1) is 12.6. The van der Waals surface area contributed by atoms with Gasteiger partial charge in [-0.2, -0.15) is 4.99 Å². The van der Waals surface area contributed by atoms with Gasteiger partial charge in [-0.15, -0.1) is 17.9 Å². The molecule has 2 heterocycles. The van der Waals surface area contributed by atoms with E-state index >= 15 is 0 Å². The van der Waals surface area contributed by atoms with E-state index in [0.29, 0.717) is 21.7 Å². The molecule has 0 unspecified atom stereocenters. The van der Waals surface area contributed by atoms with Crippen molar-refractivity contribution < 1.29 is 4.79 Å². The Hall–Kier alpha value is -2.44. The Balaban J connectivity index is 1.89. The van der Waals surface area contributed by atoms with E-state index in [1.54, 1.807) is 11.0 Å². The molecule has 4 nitrogen and oxygen atoms in total. The number of hydrogen-bond acceptors (Lipinski definition) is 5. The van der Waals surface area contributed by atoms with Gasteiger partial charge in [0.05, 0.1) is 10.6 Å². The van der Waals surface area contributed by atoms with E-state index in [9.17, 15) is 4.79 Å². The number of amides is 1. The number of nitrogens with zero attached hydrogens (tertiary/aromatic N) is 3. The van der Waals surface area contributed by atoms with Gasteiger partial charge in [-0.1, -0.05) is 42.5 Å². The van der Waals surface area contributed by atoms with Crippen molar-refractivity contribution in [2.24, 2.45) is 4.99 Å². The third-order valence-electron chi connectivity index (χ3n) is 3.55. The van der Waals surface area contributed by atoms with E-state index < -0.39 is 0 Å². The maximum Gasteiger partial charge on any atom is 0.267 e. The fourth-order valence-corrected chi connectivity index (χ4v) is 4.18.